The second-order valence-electron chi connectivity index (χ2n) is 5.42. The van der Waals surface area contributed by atoms with Crippen LogP contribution in [0.5, 0.6) is 11.5 Å². The molecule has 0 fully saturated rings. The number of carbonyl (C=O) groups is 1. The molecule has 0 unspecified atom stereocenters. The maximum Gasteiger partial charge on any atom is 0.277 e. The predicted molar refractivity (Wildman–Crippen MR) is 94.2 cm³/mol. The van der Waals surface area contributed by atoms with E-state index in [1.54, 1.807) is 32.4 Å². The van der Waals surface area contributed by atoms with Gasteiger partial charge in [-0.15, -0.1) is 0 Å². The number of para-hydroxylation sites is 1. The molecule has 6 heteroatoms. The van der Waals surface area contributed by atoms with Crippen molar-refractivity contribution in [3.63, 3.8) is 0 Å². The zero-order valence-electron chi connectivity index (χ0n) is 14.2. The highest BCUT2D eigenvalue weighted by atomic mass is 16.5. The SMILES string of the molecule is COc1ccc(-c2cc(C(=O)Nc3ccccc3C)no2)cc1OC. The minimum Gasteiger partial charge on any atom is -0.493 e. The van der Waals surface area contributed by atoms with Crippen LogP contribution in [0.25, 0.3) is 11.3 Å². The molecule has 3 rings (SSSR count). The monoisotopic (exact) mass is 338 g/mol. The van der Waals surface area contributed by atoms with E-state index in [0.29, 0.717) is 17.3 Å². The van der Waals surface area contributed by atoms with Crippen molar-refractivity contribution in [3.8, 4) is 22.8 Å². The Labute approximate surface area is 145 Å². The van der Waals surface area contributed by atoms with E-state index in [1.165, 1.54) is 0 Å². The number of aryl methyl sites for hydroxylation is 1. The number of nitrogens with one attached hydrogen (secondary N) is 1. The Bertz CT molecular complexity index is 902. The molecule has 0 radical (unpaired) electrons. The number of anilines is 1. The average molecular weight is 338 g/mol. The standard InChI is InChI=1S/C19H18N2O4/c1-12-6-4-5-7-14(12)20-19(22)15-11-17(25-21-15)13-8-9-16(23-2)18(10-13)24-3/h4-11H,1-3H3,(H,20,22). The molecule has 0 atom stereocenters. The fraction of sp³-hybridized carbons (Fsp3) is 0.158. The molecule has 0 aliphatic rings. The summed E-state index contributed by atoms with van der Waals surface area (Å²) >= 11 is 0. The van der Waals surface area contributed by atoms with Crippen molar-refractivity contribution in [1.82, 2.24) is 5.16 Å². The lowest BCUT2D eigenvalue weighted by Gasteiger charge is -2.07. The third-order valence-corrected chi connectivity index (χ3v) is 3.80. The second kappa shape index (κ2) is 7.09. The van der Waals surface area contributed by atoms with Gasteiger partial charge in [0.05, 0.1) is 14.2 Å². The number of hydrogen-bond acceptors (Lipinski definition) is 5. The summed E-state index contributed by atoms with van der Waals surface area (Å²) in [5, 5.41) is 6.68. The predicted octanol–water partition coefficient (Wildman–Crippen LogP) is 3.92. The van der Waals surface area contributed by atoms with Gasteiger partial charge in [0, 0.05) is 17.3 Å². The van der Waals surface area contributed by atoms with E-state index in [1.807, 2.05) is 37.3 Å². The molecule has 25 heavy (non-hydrogen) atoms. The largest absolute Gasteiger partial charge is 0.493 e. The summed E-state index contributed by atoms with van der Waals surface area (Å²) in [5.41, 5.74) is 2.65. The van der Waals surface area contributed by atoms with Gasteiger partial charge in [0.15, 0.2) is 23.0 Å². The third kappa shape index (κ3) is 3.47. The molecular weight excluding hydrogens is 320 g/mol. The van der Waals surface area contributed by atoms with Crippen LogP contribution in [0.15, 0.2) is 53.1 Å². The molecule has 0 saturated heterocycles. The van der Waals surface area contributed by atoms with Crippen molar-refractivity contribution in [2.45, 2.75) is 6.92 Å². The smallest absolute Gasteiger partial charge is 0.277 e. The molecule has 0 saturated carbocycles. The average Bonchev–Trinajstić information content (AvgIpc) is 3.13. The Morgan fingerprint density at radius 3 is 2.52 bits per heavy atom. The van der Waals surface area contributed by atoms with Gasteiger partial charge in [-0.1, -0.05) is 23.4 Å². The molecule has 1 aromatic heterocycles. The van der Waals surface area contributed by atoms with Gasteiger partial charge in [-0.25, -0.2) is 0 Å². The van der Waals surface area contributed by atoms with Crippen molar-refractivity contribution >= 4 is 11.6 Å². The van der Waals surface area contributed by atoms with Gasteiger partial charge < -0.3 is 19.3 Å². The van der Waals surface area contributed by atoms with E-state index in [0.717, 1.165) is 16.8 Å². The Balaban J connectivity index is 1.83. The fourth-order valence-electron chi connectivity index (χ4n) is 2.41. The highest BCUT2D eigenvalue weighted by molar-refractivity contribution is 6.03. The number of hydrogen-bond donors (Lipinski definition) is 1. The van der Waals surface area contributed by atoms with Crippen molar-refractivity contribution in [2.75, 3.05) is 19.5 Å². The topological polar surface area (TPSA) is 73.6 Å². The molecule has 3 aromatic rings. The molecule has 0 aliphatic carbocycles. The lowest BCUT2D eigenvalue weighted by molar-refractivity contribution is 0.101. The molecular formula is C19H18N2O4. The van der Waals surface area contributed by atoms with Crippen LogP contribution in [-0.2, 0) is 0 Å². The third-order valence-electron chi connectivity index (χ3n) is 3.80. The Kier molecular flexibility index (Phi) is 4.70. The number of carbonyl (C=O) groups excluding carboxylic acids is 1. The molecule has 1 N–H and O–H groups in total. The molecule has 128 valence electrons. The van der Waals surface area contributed by atoms with Crippen LogP contribution >= 0.6 is 0 Å². The van der Waals surface area contributed by atoms with Gasteiger partial charge in [-0.3, -0.25) is 4.79 Å². The summed E-state index contributed by atoms with van der Waals surface area (Å²) in [6.07, 6.45) is 0. The first kappa shape index (κ1) is 16.6. The van der Waals surface area contributed by atoms with Crippen LogP contribution in [0, 0.1) is 6.92 Å². The van der Waals surface area contributed by atoms with Gasteiger partial charge in [0.2, 0.25) is 0 Å². The molecule has 1 amide bonds. The molecule has 1 heterocycles. The summed E-state index contributed by atoms with van der Waals surface area (Å²) in [6.45, 7) is 1.92. The van der Waals surface area contributed by atoms with E-state index in [2.05, 4.69) is 10.5 Å². The van der Waals surface area contributed by atoms with E-state index in [9.17, 15) is 4.79 Å². The van der Waals surface area contributed by atoms with Crippen molar-refractivity contribution < 1.29 is 18.8 Å². The van der Waals surface area contributed by atoms with Crippen LogP contribution in [-0.4, -0.2) is 25.3 Å². The molecule has 0 aliphatic heterocycles. The summed E-state index contributed by atoms with van der Waals surface area (Å²) in [6, 6.07) is 14.5. The zero-order valence-corrected chi connectivity index (χ0v) is 14.2. The Morgan fingerprint density at radius 2 is 1.80 bits per heavy atom. The number of nitrogens with zero attached hydrogens (tertiary/aromatic N) is 1. The lowest BCUT2D eigenvalue weighted by Crippen LogP contribution is -2.12. The maximum atomic E-state index is 12.4. The summed E-state index contributed by atoms with van der Waals surface area (Å²) in [7, 11) is 3.13. The maximum absolute atomic E-state index is 12.4. The first-order valence-electron chi connectivity index (χ1n) is 7.68. The minimum atomic E-state index is -0.329. The first-order chi connectivity index (χ1) is 12.1. The van der Waals surface area contributed by atoms with E-state index < -0.39 is 0 Å². The normalized spacial score (nSPS) is 10.4. The van der Waals surface area contributed by atoms with Gasteiger partial charge in [0.25, 0.3) is 5.91 Å². The highest BCUT2D eigenvalue weighted by Gasteiger charge is 2.16. The van der Waals surface area contributed by atoms with Crippen LogP contribution in [0.1, 0.15) is 16.1 Å². The Hall–Kier alpha value is -3.28. The summed E-state index contributed by atoms with van der Waals surface area (Å²) < 4.78 is 15.8. The fourth-order valence-corrected chi connectivity index (χ4v) is 2.41. The number of rotatable bonds is 5. The zero-order chi connectivity index (χ0) is 17.8. The van der Waals surface area contributed by atoms with Crippen molar-refractivity contribution in [2.24, 2.45) is 0 Å². The van der Waals surface area contributed by atoms with E-state index in [4.69, 9.17) is 14.0 Å². The van der Waals surface area contributed by atoms with Gasteiger partial charge in [-0.2, -0.15) is 0 Å². The van der Waals surface area contributed by atoms with Crippen LogP contribution in [0.2, 0.25) is 0 Å². The van der Waals surface area contributed by atoms with Gasteiger partial charge >= 0.3 is 0 Å². The summed E-state index contributed by atoms with van der Waals surface area (Å²) in [4.78, 5) is 12.4. The van der Waals surface area contributed by atoms with E-state index >= 15 is 0 Å². The lowest BCUT2D eigenvalue weighted by atomic mass is 10.1. The number of ether oxygens (including phenoxy) is 2. The number of amides is 1. The van der Waals surface area contributed by atoms with Crippen molar-refractivity contribution in [1.29, 1.82) is 0 Å². The Morgan fingerprint density at radius 1 is 1.04 bits per heavy atom. The summed E-state index contributed by atoms with van der Waals surface area (Å²) in [5.74, 6) is 1.33. The number of methoxy groups -OCH3 is 2. The van der Waals surface area contributed by atoms with Gasteiger partial charge in [0.1, 0.15) is 0 Å². The van der Waals surface area contributed by atoms with Crippen LogP contribution in [0.4, 0.5) is 5.69 Å². The quantitative estimate of drug-likeness (QED) is 0.763. The molecule has 0 bridgehead atoms. The minimum absolute atomic E-state index is 0.202. The molecule has 0 spiro atoms. The van der Waals surface area contributed by atoms with Gasteiger partial charge in [-0.05, 0) is 36.8 Å². The van der Waals surface area contributed by atoms with Crippen molar-refractivity contribution in [3.05, 3.63) is 59.8 Å². The first-order valence-corrected chi connectivity index (χ1v) is 7.68. The van der Waals surface area contributed by atoms with Crippen LogP contribution in [0.3, 0.4) is 0 Å². The second-order valence-corrected chi connectivity index (χ2v) is 5.42. The molecule has 6 nitrogen and oxygen atoms in total. The number of aromatic nitrogens is 1. The highest BCUT2D eigenvalue weighted by Crippen LogP contribution is 2.32. The molecule has 2 aromatic carbocycles. The van der Waals surface area contributed by atoms with Crippen LogP contribution < -0.4 is 14.8 Å². The van der Waals surface area contributed by atoms with E-state index in [-0.39, 0.29) is 11.6 Å². The number of benzene rings is 2.